The number of hydrogen-bond acceptors (Lipinski definition) is 3. The van der Waals surface area contributed by atoms with Crippen molar-refractivity contribution in [1.82, 2.24) is 5.32 Å². The summed E-state index contributed by atoms with van der Waals surface area (Å²) in [5, 5.41) is 5.66. The third-order valence-electron chi connectivity index (χ3n) is 3.29. The Morgan fingerprint density at radius 3 is 2.88 bits per heavy atom. The molecule has 3 unspecified atom stereocenters. The van der Waals surface area contributed by atoms with E-state index in [1.165, 1.54) is 19.3 Å². The van der Waals surface area contributed by atoms with Crippen molar-refractivity contribution in [3.8, 4) is 0 Å². The van der Waals surface area contributed by atoms with Gasteiger partial charge in [-0.25, -0.2) is 0 Å². The van der Waals surface area contributed by atoms with Crippen LogP contribution in [0.5, 0.6) is 0 Å². The molecular formula is C12H19NOS2. The Balaban J connectivity index is 2.13. The maximum atomic E-state index is 12.5. The molecule has 4 heteroatoms. The van der Waals surface area contributed by atoms with E-state index >= 15 is 0 Å². The van der Waals surface area contributed by atoms with Gasteiger partial charge in [0.1, 0.15) is 0 Å². The normalized spacial score (nSPS) is 28.6. The summed E-state index contributed by atoms with van der Waals surface area (Å²) in [6, 6.07) is 4.41. The molecule has 0 spiro atoms. The molecular weight excluding hydrogens is 238 g/mol. The quantitative estimate of drug-likeness (QED) is 0.844. The maximum absolute atomic E-state index is 12.5. The first kappa shape index (κ1) is 12.3. The van der Waals surface area contributed by atoms with Crippen LogP contribution in [0.4, 0.5) is 0 Å². The molecule has 1 fully saturated rings. The fraction of sp³-hybridized carbons (Fsp3) is 0.667. The smallest absolute Gasteiger partial charge is 0.0914 e. The summed E-state index contributed by atoms with van der Waals surface area (Å²) in [5.74, 6) is 0. The zero-order valence-corrected chi connectivity index (χ0v) is 11.3. The zero-order valence-electron chi connectivity index (χ0n) is 9.65. The van der Waals surface area contributed by atoms with Gasteiger partial charge in [0, 0.05) is 6.04 Å². The summed E-state index contributed by atoms with van der Waals surface area (Å²) in [4.78, 5) is 0. The van der Waals surface area contributed by atoms with Crippen LogP contribution in [0.15, 0.2) is 21.7 Å². The van der Waals surface area contributed by atoms with Crippen LogP contribution in [0.1, 0.15) is 32.1 Å². The number of rotatable bonds is 3. The van der Waals surface area contributed by atoms with Crippen LogP contribution in [-0.4, -0.2) is 22.5 Å². The second kappa shape index (κ2) is 5.94. The summed E-state index contributed by atoms with van der Waals surface area (Å²) < 4.78 is 13.5. The molecule has 90 valence electrons. The zero-order chi connectivity index (χ0) is 11.4. The molecule has 1 aromatic heterocycles. The topological polar surface area (TPSA) is 29.1 Å². The van der Waals surface area contributed by atoms with E-state index in [9.17, 15) is 4.21 Å². The Bertz CT molecular complexity index is 337. The summed E-state index contributed by atoms with van der Waals surface area (Å²) in [5.41, 5.74) is 0. The van der Waals surface area contributed by atoms with Gasteiger partial charge in [0.05, 0.1) is 20.3 Å². The molecule has 16 heavy (non-hydrogen) atoms. The predicted octanol–water partition coefficient (Wildman–Crippen LogP) is 2.78. The third-order valence-corrected chi connectivity index (χ3v) is 6.38. The molecule has 1 aliphatic rings. The monoisotopic (exact) mass is 257 g/mol. The van der Waals surface area contributed by atoms with Gasteiger partial charge in [0.25, 0.3) is 0 Å². The first-order valence-corrected chi connectivity index (χ1v) is 8.03. The minimum Gasteiger partial charge on any atom is -0.316 e. The molecule has 2 rings (SSSR count). The van der Waals surface area contributed by atoms with Crippen molar-refractivity contribution in [3.05, 3.63) is 17.5 Å². The Hall–Kier alpha value is -0.190. The van der Waals surface area contributed by atoms with Gasteiger partial charge in [-0.1, -0.05) is 25.3 Å². The highest BCUT2D eigenvalue weighted by molar-refractivity contribution is 7.88. The maximum Gasteiger partial charge on any atom is 0.0914 e. The summed E-state index contributed by atoms with van der Waals surface area (Å²) in [7, 11) is 1.17. The summed E-state index contributed by atoms with van der Waals surface area (Å²) in [6.07, 6.45) is 6.04. The minimum atomic E-state index is -0.824. The van der Waals surface area contributed by atoms with Gasteiger partial charge in [0.15, 0.2) is 0 Å². The molecule has 1 aliphatic carbocycles. The van der Waals surface area contributed by atoms with Crippen LogP contribution in [0.3, 0.4) is 0 Å². The first-order chi connectivity index (χ1) is 7.83. The predicted molar refractivity (Wildman–Crippen MR) is 70.4 cm³/mol. The first-order valence-electron chi connectivity index (χ1n) is 5.94. The van der Waals surface area contributed by atoms with Gasteiger partial charge < -0.3 is 5.32 Å². The fourth-order valence-electron chi connectivity index (χ4n) is 2.39. The van der Waals surface area contributed by atoms with E-state index in [-0.39, 0.29) is 0 Å². The highest BCUT2D eigenvalue weighted by Gasteiger charge is 2.28. The standard InChI is InChI=1S/C12H19NOS2/c1-13-10-6-3-2-4-7-11(10)16(14)12-8-5-9-15-12/h5,8-11,13H,2-4,6-7H2,1H3. The lowest BCUT2D eigenvalue weighted by atomic mass is 10.1. The molecule has 0 saturated heterocycles. The summed E-state index contributed by atoms with van der Waals surface area (Å²) in [6.45, 7) is 0. The Morgan fingerprint density at radius 2 is 2.19 bits per heavy atom. The Labute approximate surface area is 104 Å². The summed E-state index contributed by atoms with van der Waals surface area (Å²) >= 11 is 1.62. The lowest BCUT2D eigenvalue weighted by molar-refractivity contribution is 0.500. The van der Waals surface area contributed by atoms with Crippen LogP contribution in [-0.2, 0) is 10.8 Å². The Kier molecular flexibility index (Phi) is 4.55. The molecule has 0 amide bonds. The van der Waals surface area contributed by atoms with Crippen molar-refractivity contribution in [2.45, 2.75) is 47.6 Å². The van der Waals surface area contributed by atoms with E-state index in [1.54, 1.807) is 11.3 Å². The van der Waals surface area contributed by atoms with Crippen molar-refractivity contribution in [2.24, 2.45) is 0 Å². The molecule has 1 N–H and O–H groups in total. The second-order valence-electron chi connectivity index (χ2n) is 4.30. The van der Waals surface area contributed by atoms with Crippen LogP contribution in [0.2, 0.25) is 0 Å². The van der Waals surface area contributed by atoms with E-state index < -0.39 is 10.8 Å². The van der Waals surface area contributed by atoms with Gasteiger partial charge in [-0.15, -0.1) is 11.3 Å². The van der Waals surface area contributed by atoms with Crippen molar-refractivity contribution in [1.29, 1.82) is 0 Å². The minimum absolute atomic E-state index is 0.297. The lowest BCUT2D eigenvalue weighted by Crippen LogP contribution is -2.39. The van der Waals surface area contributed by atoms with Crippen LogP contribution < -0.4 is 5.32 Å². The molecule has 1 aromatic rings. The van der Waals surface area contributed by atoms with E-state index in [1.807, 2.05) is 24.6 Å². The molecule has 0 radical (unpaired) electrons. The molecule has 1 saturated carbocycles. The van der Waals surface area contributed by atoms with Crippen molar-refractivity contribution < 1.29 is 4.21 Å². The van der Waals surface area contributed by atoms with Gasteiger partial charge in [-0.2, -0.15) is 0 Å². The number of thiophene rings is 1. The van der Waals surface area contributed by atoms with Gasteiger partial charge in [-0.05, 0) is 31.3 Å². The second-order valence-corrected chi connectivity index (χ2v) is 7.15. The largest absolute Gasteiger partial charge is 0.316 e. The van der Waals surface area contributed by atoms with Crippen LogP contribution >= 0.6 is 11.3 Å². The number of hydrogen-bond donors (Lipinski definition) is 1. The van der Waals surface area contributed by atoms with E-state index in [4.69, 9.17) is 0 Å². The van der Waals surface area contributed by atoms with E-state index in [0.29, 0.717) is 11.3 Å². The highest BCUT2D eigenvalue weighted by Crippen LogP contribution is 2.27. The van der Waals surface area contributed by atoms with E-state index in [0.717, 1.165) is 17.1 Å². The Morgan fingerprint density at radius 1 is 1.38 bits per heavy atom. The molecule has 2 nitrogen and oxygen atoms in total. The lowest BCUT2D eigenvalue weighted by Gasteiger charge is -2.23. The average molecular weight is 257 g/mol. The fourth-order valence-corrected chi connectivity index (χ4v) is 5.21. The van der Waals surface area contributed by atoms with Crippen molar-refractivity contribution in [2.75, 3.05) is 7.05 Å². The van der Waals surface area contributed by atoms with E-state index in [2.05, 4.69) is 5.32 Å². The molecule has 1 heterocycles. The molecule has 0 aliphatic heterocycles. The van der Waals surface area contributed by atoms with Gasteiger partial charge in [-0.3, -0.25) is 4.21 Å². The molecule has 0 aromatic carbocycles. The van der Waals surface area contributed by atoms with Gasteiger partial charge >= 0.3 is 0 Å². The van der Waals surface area contributed by atoms with Gasteiger partial charge in [0.2, 0.25) is 0 Å². The third kappa shape index (κ3) is 2.73. The molecule has 0 bridgehead atoms. The molecule has 3 atom stereocenters. The average Bonchev–Trinajstić information content (AvgIpc) is 2.73. The SMILES string of the molecule is CNC1CCCCCC1S(=O)c1cccs1. The van der Waals surface area contributed by atoms with Crippen molar-refractivity contribution >= 4 is 22.1 Å². The van der Waals surface area contributed by atoms with Crippen molar-refractivity contribution in [3.63, 3.8) is 0 Å². The number of nitrogens with one attached hydrogen (secondary N) is 1. The van der Waals surface area contributed by atoms with Crippen LogP contribution in [0.25, 0.3) is 0 Å². The van der Waals surface area contributed by atoms with Crippen LogP contribution in [0, 0.1) is 0 Å². The highest BCUT2D eigenvalue weighted by atomic mass is 32.2.